The largest absolute Gasteiger partial charge is 0.434 e. The second-order valence-corrected chi connectivity index (χ2v) is 3.07. The summed E-state index contributed by atoms with van der Waals surface area (Å²) in [4.78, 5) is 0. The van der Waals surface area contributed by atoms with E-state index in [0.717, 1.165) is 0 Å². The molecule has 84 valence electrons. The number of hydrogen-bond donors (Lipinski definition) is 2. The predicted molar refractivity (Wildman–Crippen MR) is 49.9 cm³/mol. The van der Waals surface area contributed by atoms with Crippen molar-refractivity contribution < 1.29 is 23.7 Å². The number of hydrogen-bond acceptors (Lipinski definition) is 3. The van der Waals surface area contributed by atoms with Crippen LogP contribution in [0.3, 0.4) is 0 Å². The lowest BCUT2D eigenvalue weighted by molar-refractivity contribution is -0.0525. The lowest BCUT2D eigenvalue weighted by atomic mass is 10.1. The van der Waals surface area contributed by atoms with E-state index in [1.807, 2.05) is 0 Å². The number of para-hydroxylation sites is 1. The van der Waals surface area contributed by atoms with Crippen molar-refractivity contribution in [3.63, 3.8) is 0 Å². The molecule has 0 aromatic heterocycles. The van der Waals surface area contributed by atoms with Gasteiger partial charge in [0.1, 0.15) is 11.9 Å². The molecule has 0 heterocycles. The minimum Gasteiger partial charge on any atom is -0.434 e. The summed E-state index contributed by atoms with van der Waals surface area (Å²) in [6, 6.07) is 4.62. The van der Waals surface area contributed by atoms with Crippen molar-refractivity contribution in [3.8, 4) is 5.75 Å². The number of aliphatic hydroxyl groups is 2. The lowest BCUT2D eigenvalue weighted by Gasteiger charge is -2.15. The van der Waals surface area contributed by atoms with E-state index in [9.17, 15) is 13.9 Å². The summed E-state index contributed by atoms with van der Waals surface area (Å²) >= 11 is 0. The van der Waals surface area contributed by atoms with Crippen molar-refractivity contribution >= 4 is 0 Å². The van der Waals surface area contributed by atoms with Crippen LogP contribution in [0.5, 0.6) is 5.75 Å². The van der Waals surface area contributed by atoms with E-state index >= 15 is 0 Å². The fourth-order valence-electron chi connectivity index (χ4n) is 1.29. The first kappa shape index (κ1) is 11.9. The average Bonchev–Trinajstić information content (AvgIpc) is 2.19. The number of halogens is 2. The highest BCUT2D eigenvalue weighted by Gasteiger charge is 2.17. The molecule has 1 aromatic carbocycles. The van der Waals surface area contributed by atoms with Crippen LogP contribution in [-0.2, 0) is 0 Å². The molecule has 0 radical (unpaired) electrons. The zero-order valence-corrected chi connectivity index (χ0v) is 8.15. The van der Waals surface area contributed by atoms with Crippen LogP contribution >= 0.6 is 0 Å². The van der Waals surface area contributed by atoms with Gasteiger partial charge in [0.2, 0.25) is 0 Å². The third kappa shape index (κ3) is 2.87. The van der Waals surface area contributed by atoms with Crippen LogP contribution in [-0.4, -0.2) is 23.4 Å². The first-order valence-corrected chi connectivity index (χ1v) is 4.39. The molecule has 0 amide bonds. The predicted octanol–water partition coefficient (Wildman–Crippen LogP) is 1.62. The second-order valence-electron chi connectivity index (χ2n) is 3.07. The number of ether oxygens (including phenoxy) is 1. The molecule has 1 aromatic rings. The maximum atomic E-state index is 12.1. The van der Waals surface area contributed by atoms with Gasteiger partial charge in [-0.05, 0) is 12.5 Å². The zero-order chi connectivity index (χ0) is 11.4. The van der Waals surface area contributed by atoms with Gasteiger partial charge < -0.3 is 14.9 Å². The summed E-state index contributed by atoms with van der Waals surface area (Å²) in [5, 5.41) is 18.1. The van der Waals surface area contributed by atoms with Crippen molar-refractivity contribution in [3.05, 3.63) is 29.3 Å². The smallest absolute Gasteiger partial charge is 0.387 e. The second kappa shape index (κ2) is 5.04. The van der Waals surface area contributed by atoms with Gasteiger partial charge in [-0.3, -0.25) is 0 Å². The Hall–Kier alpha value is -1.20. The molecule has 0 bridgehead atoms. The van der Waals surface area contributed by atoms with Crippen LogP contribution in [0.2, 0.25) is 0 Å². The van der Waals surface area contributed by atoms with Gasteiger partial charge in [0.15, 0.2) is 0 Å². The molecule has 2 N–H and O–H groups in total. The SMILES string of the molecule is Cc1cccc(C(O)CO)c1OC(F)F. The molecule has 0 spiro atoms. The molecule has 5 heteroatoms. The Morgan fingerprint density at radius 2 is 2.07 bits per heavy atom. The van der Waals surface area contributed by atoms with E-state index in [4.69, 9.17) is 5.11 Å². The van der Waals surface area contributed by atoms with E-state index in [1.54, 1.807) is 19.1 Å². The summed E-state index contributed by atoms with van der Waals surface area (Å²) in [5.74, 6) is -0.0750. The van der Waals surface area contributed by atoms with Crippen LogP contribution in [0.4, 0.5) is 8.78 Å². The number of aliphatic hydroxyl groups excluding tert-OH is 2. The summed E-state index contributed by atoms with van der Waals surface area (Å²) < 4.78 is 28.5. The Kier molecular flexibility index (Phi) is 3.99. The fraction of sp³-hybridized carbons (Fsp3) is 0.400. The molecule has 0 aliphatic rings. The van der Waals surface area contributed by atoms with Crippen molar-refractivity contribution in [1.82, 2.24) is 0 Å². The zero-order valence-electron chi connectivity index (χ0n) is 8.15. The van der Waals surface area contributed by atoms with Crippen molar-refractivity contribution in [2.45, 2.75) is 19.6 Å². The van der Waals surface area contributed by atoms with Gasteiger partial charge in [0.05, 0.1) is 6.61 Å². The van der Waals surface area contributed by atoms with E-state index in [-0.39, 0.29) is 11.3 Å². The van der Waals surface area contributed by atoms with E-state index in [0.29, 0.717) is 5.56 Å². The highest BCUT2D eigenvalue weighted by Crippen LogP contribution is 2.29. The van der Waals surface area contributed by atoms with Crippen LogP contribution in [0, 0.1) is 6.92 Å². The minimum absolute atomic E-state index is 0.0750. The third-order valence-corrected chi connectivity index (χ3v) is 1.98. The molecule has 0 fully saturated rings. The Bertz CT molecular complexity index is 328. The molecule has 0 aliphatic heterocycles. The number of benzene rings is 1. The molecule has 0 saturated carbocycles. The summed E-state index contributed by atoms with van der Waals surface area (Å²) in [7, 11) is 0. The van der Waals surface area contributed by atoms with Gasteiger partial charge in [-0.25, -0.2) is 0 Å². The number of aryl methyl sites for hydroxylation is 1. The quantitative estimate of drug-likeness (QED) is 0.807. The van der Waals surface area contributed by atoms with E-state index in [2.05, 4.69) is 4.74 Å². The lowest BCUT2D eigenvalue weighted by Crippen LogP contribution is -2.10. The maximum absolute atomic E-state index is 12.1. The highest BCUT2D eigenvalue weighted by atomic mass is 19.3. The molecule has 3 nitrogen and oxygen atoms in total. The number of rotatable bonds is 4. The van der Waals surface area contributed by atoms with Crippen LogP contribution in [0.25, 0.3) is 0 Å². The minimum atomic E-state index is -2.95. The molecule has 1 rings (SSSR count). The van der Waals surface area contributed by atoms with Crippen LogP contribution < -0.4 is 4.74 Å². The van der Waals surface area contributed by atoms with Crippen molar-refractivity contribution in [2.75, 3.05) is 6.61 Å². The Labute approximate surface area is 85.9 Å². The van der Waals surface area contributed by atoms with Crippen molar-refractivity contribution in [1.29, 1.82) is 0 Å². The first-order chi connectivity index (χ1) is 7.06. The average molecular weight is 218 g/mol. The van der Waals surface area contributed by atoms with Crippen molar-refractivity contribution in [2.24, 2.45) is 0 Å². The maximum Gasteiger partial charge on any atom is 0.387 e. The summed E-state index contributed by atoms with van der Waals surface area (Å²) in [6.07, 6.45) is -1.21. The van der Waals surface area contributed by atoms with Gasteiger partial charge in [-0.2, -0.15) is 8.78 Å². The van der Waals surface area contributed by atoms with Gasteiger partial charge in [-0.15, -0.1) is 0 Å². The topological polar surface area (TPSA) is 49.7 Å². The fourth-order valence-corrected chi connectivity index (χ4v) is 1.29. The molecule has 0 aliphatic carbocycles. The van der Waals surface area contributed by atoms with Gasteiger partial charge in [0, 0.05) is 5.56 Å². The van der Waals surface area contributed by atoms with Gasteiger partial charge >= 0.3 is 6.61 Å². The molecule has 1 atom stereocenters. The normalized spacial score (nSPS) is 12.9. The van der Waals surface area contributed by atoms with Gasteiger partial charge in [-0.1, -0.05) is 18.2 Å². The summed E-state index contributed by atoms with van der Waals surface area (Å²) in [5.41, 5.74) is 0.651. The van der Waals surface area contributed by atoms with E-state index in [1.165, 1.54) is 6.07 Å². The Morgan fingerprint density at radius 1 is 1.40 bits per heavy atom. The molecule has 15 heavy (non-hydrogen) atoms. The molecular weight excluding hydrogens is 206 g/mol. The Morgan fingerprint density at radius 3 is 2.60 bits per heavy atom. The Balaban J connectivity index is 3.08. The van der Waals surface area contributed by atoms with Crippen LogP contribution in [0.1, 0.15) is 17.2 Å². The monoisotopic (exact) mass is 218 g/mol. The summed E-state index contributed by atoms with van der Waals surface area (Å²) in [6.45, 7) is -1.90. The standard InChI is InChI=1S/C10H12F2O3/c1-6-3-2-4-7(8(14)5-13)9(6)15-10(11)12/h2-4,8,10,13-14H,5H2,1H3. The molecular formula is C10H12F2O3. The van der Waals surface area contributed by atoms with Gasteiger partial charge in [0.25, 0.3) is 0 Å². The third-order valence-electron chi connectivity index (χ3n) is 1.98. The molecule has 1 unspecified atom stereocenters. The van der Waals surface area contributed by atoms with Crippen LogP contribution in [0.15, 0.2) is 18.2 Å². The van der Waals surface area contributed by atoms with E-state index < -0.39 is 19.3 Å². The highest BCUT2D eigenvalue weighted by molar-refractivity contribution is 5.42. The molecule has 0 saturated heterocycles. The number of alkyl halides is 2. The first-order valence-electron chi connectivity index (χ1n) is 4.39.